The van der Waals surface area contributed by atoms with E-state index < -0.39 is 29.4 Å². The van der Waals surface area contributed by atoms with Crippen LogP contribution in [0.25, 0.3) is 0 Å². The van der Waals surface area contributed by atoms with Gasteiger partial charge in [0.1, 0.15) is 5.54 Å². The van der Waals surface area contributed by atoms with E-state index in [0.29, 0.717) is 17.7 Å². The SMILES string of the molecule is Cc1ccc2c(c1)C1(NC(CCC(=O)O)[C@H]3C(=O)N(CCc4ccccc4)C(=O)[C@H]31)C(=O)N2. The van der Waals surface area contributed by atoms with Gasteiger partial charge in [-0.2, -0.15) is 0 Å². The molecule has 170 valence electrons. The van der Waals surface area contributed by atoms with E-state index in [0.717, 1.165) is 11.1 Å². The number of aliphatic carboxylic acids is 1. The number of nitrogens with zero attached hydrogens (tertiary/aromatic N) is 1. The minimum Gasteiger partial charge on any atom is -0.481 e. The molecular formula is C25H25N3O5. The first-order chi connectivity index (χ1) is 15.8. The van der Waals surface area contributed by atoms with Gasteiger partial charge in [-0.15, -0.1) is 0 Å². The zero-order valence-corrected chi connectivity index (χ0v) is 18.2. The molecule has 2 saturated heterocycles. The van der Waals surface area contributed by atoms with Crippen LogP contribution < -0.4 is 10.6 Å². The van der Waals surface area contributed by atoms with Crippen LogP contribution in [0.15, 0.2) is 48.5 Å². The zero-order chi connectivity index (χ0) is 23.3. The molecule has 2 aromatic carbocycles. The fraction of sp³-hybridized carbons (Fsp3) is 0.360. The molecule has 5 rings (SSSR count). The Morgan fingerprint density at radius 1 is 1.09 bits per heavy atom. The highest BCUT2D eigenvalue weighted by atomic mass is 16.4. The van der Waals surface area contributed by atoms with Gasteiger partial charge in [0.25, 0.3) is 0 Å². The van der Waals surface area contributed by atoms with Crippen LogP contribution in [-0.2, 0) is 31.1 Å². The third-order valence-corrected chi connectivity index (χ3v) is 7.10. The maximum atomic E-state index is 13.7. The van der Waals surface area contributed by atoms with Crippen LogP contribution in [0.5, 0.6) is 0 Å². The molecule has 8 heteroatoms. The number of likely N-dealkylation sites (tertiary alicyclic amines) is 1. The fourth-order valence-corrected chi connectivity index (χ4v) is 5.61. The molecule has 3 aliphatic heterocycles. The summed E-state index contributed by atoms with van der Waals surface area (Å²) in [7, 11) is 0. The van der Waals surface area contributed by atoms with E-state index in [1.165, 1.54) is 4.90 Å². The Labute approximate surface area is 191 Å². The molecule has 3 N–H and O–H groups in total. The van der Waals surface area contributed by atoms with E-state index in [2.05, 4.69) is 10.6 Å². The van der Waals surface area contributed by atoms with Crippen LogP contribution >= 0.6 is 0 Å². The van der Waals surface area contributed by atoms with Crippen LogP contribution in [0, 0.1) is 18.8 Å². The second-order valence-electron chi connectivity index (χ2n) is 9.06. The van der Waals surface area contributed by atoms with Gasteiger partial charge in [0.2, 0.25) is 17.7 Å². The zero-order valence-electron chi connectivity index (χ0n) is 18.2. The number of hydrogen-bond donors (Lipinski definition) is 3. The standard InChI is InChI=1S/C25H25N3O5/c1-14-7-8-17-16(13-14)25(24(33)26-17)21-20(18(27-25)9-10-19(29)30)22(31)28(23(21)32)12-11-15-5-3-2-4-6-15/h2-8,13,18,20-21,27H,9-12H2,1H3,(H,26,33)(H,29,30)/t18?,20-,21+,25?/m1/s1. The summed E-state index contributed by atoms with van der Waals surface area (Å²) in [6, 6.07) is 14.5. The van der Waals surface area contributed by atoms with Gasteiger partial charge in [0.05, 0.1) is 11.8 Å². The number of rotatable bonds is 6. The monoisotopic (exact) mass is 447 g/mol. The Balaban J connectivity index is 1.53. The number of carboxylic acid groups (broad SMARTS) is 1. The summed E-state index contributed by atoms with van der Waals surface area (Å²) in [6.45, 7) is 2.12. The lowest BCUT2D eigenvalue weighted by Gasteiger charge is -2.29. The smallest absolute Gasteiger partial charge is 0.303 e. The average Bonchev–Trinajstić information content (AvgIpc) is 3.37. The van der Waals surface area contributed by atoms with E-state index in [9.17, 15) is 24.3 Å². The number of benzene rings is 2. The van der Waals surface area contributed by atoms with Gasteiger partial charge >= 0.3 is 5.97 Å². The van der Waals surface area contributed by atoms with Gasteiger partial charge in [-0.05, 0) is 31.4 Å². The Morgan fingerprint density at radius 2 is 1.85 bits per heavy atom. The number of anilines is 1. The summed E-state index contributed by atoms with van der Waals surface area (Å²) in [4.78, 5) is 53.0. The van der Waals surface area contributed by atoms with Gasteiger partial charge in [-0.25, -0.2) is 0 Å². The summed E-state index contributed by atoms with van der Waals surface area (Å²) >= 11 is 0. The highest BCUT2D eigenvalue weighted by molar-refractivity contribution is 6.15. The van der Waals surface area contributed by atoms with E-state index in [-0.39, 0.29) is 37.1 Å². The molecule has 0 radical (unpaired) electrons. The maximum absolute atomic E-state index is 13.7. The minimum absolute atomic E-state index is 0.151. The molecule has 0 aromatic heterocycles. The molecule has 2 unspecified atom stereocenters. The largest absolute Gasteiger partial charge is 0.481 e. The van der Waals surface area contributed by atoms with Crippen LogP contribution in [0.4, 0.5) is 5.69 Å². The molecule has 4 atom stereocenters. The Hall–Kier alpha value is -3.52. The third kappa shape index (κ3) is 3.24. The van der Waals surface area contributed by atoms with Crippen molar-refractivity contribution in [1.82, 2.24) is 10.2 Å². The first-order valence-corrected chi connectivity index (χ1v) is 11.1. The van der Waals surface area contributed by atoms with Crippen LogP contribution in [0.3, 0.4) is 0 Å². The number of amides is 3. The van der Waals surface area contributed by atoms with Crippen LogP contribution in [0.2, 0.25) is 0 Å². The average molecular weight is 447 g/mol. The Bertz CT molecular complexity index is 1160. The first-order valence-electron chi connectivity index (χ1n) is 11.1. The molecule has 3 heterocycles. The molecule has 2 fully saturated rings. The first kappa shape index (κ1) is 21.3. The van der Waals surface area contributed by atoms with Crippen LogP contribution in [0.1, 0.15) is 29.5 Å². The summed E-state index contributed by atoms with van der Waals surface area (Å²) < 4.78 is 0. The Kier molecular flexibility index (Phi) is 5.05. The van der Waals surface area contributed by atoms with E-state index >= 15 is 0 Å². The van der Waals surface area contributed by atoms with Crippen molar-refractivity contribution in [3.8, 4) is 0 Å². The lowest BCUT2D eigenvalue weighted by atomic mass is 9.76. The number of carbonyl (C=O) groups is 4. The highest BCUT2D eigenvalue weighted by Gasteiger charge is 2.70. The number of carboxylic acids is 1. The molecule has 0 aliphatic carbocycles. The lowest BCUT2D eigenvalue weighted by molar-refractivity contribution is -0.143. The lowest BCUT2D eigenvalue weighted by Crippen LogP contribution is -2.53. The third-order valence-electron chi connectivity index (χ3n) is 7.10. The van der Waals surface area contributed by atoms with Crippen molar-refractivity contribution in [2.45, 2.75) is 37.8 Å². The quantitative estimate of drug-likeness (QED) is 0.582. The summed E-state index contributed by atoms with van der Waals surface area (Å²) in [5.41, 5.74) is 1.80. The summed E-state index contributed by atoms with van der Waals surface area (Å²) in [5.74, 6) is -3.78. The number of aryl methyl sites for hydroxylation is 1. The van der Waals surface area contributed by atoms with Crippen molar-refractivity contribution in [2.75, 3.05) is 11.9 Å². The molecule has 2 aromatic rings. The Morgan fingerprint density at radius 3 is 2.58 bits per heavy atom. The van der Waals surface area contributed by atoms with Gasteiger partial charge in [0, 0.05) is 30.3 Å². The van der Waals surface area contributed by atoms with Crippen molar-refractivity contribution in [3.63, 3.8) is 0 Å². The summed E-state index contributed by atoms with van der Waals surface area (Å²) in [6.07, 6.45) is 0.503. The molecule has 0 bridgehead atoms. The minimum atomic E-state index is -1.39. The van der Waals surface area contributed by atoms with E-state index in [1.807, 2.05) is 49.4 Å². The van der Waals surface area contributed by atoms with Crippen molar-refractivity contribution < 1.29 is 24.3 Å². The van der Waals surface area contributed by atoms with E-state index in [1.54, 1.807) is 6.07 Å². The predicted molar refractivity (Wildman–Crippen MR) is 119 cm³/mol. The van der Waals surface area contributed by atoms with Gasteiger partial charge < -0.3 is 10.4 Å². The second-order valence-corrected chi connectivity index (χ2v) is 9.06. The number of nitrogens with one attached hydrogen (secondary N) is 2. The number of hydrogen-bond acceptors (Lipinski definition) is 5. The maximum Gasteiger partial charge on any atom is 0.303 e. The number of carbonyl (C=O) groups excluding carboxylic acids is 3. The summed E-state index contributed by atoms with van der Waals surface area (Å²) in [5, 5.41) is 15.4. The number of fused-ring (bicyclic) bond motifs is 4. The van der Waals surface area contributed by atoms with Gasteiger partial charge in [-0.1, -0.05) is 48.0 Å². The topological polar surface area (TPSA) is 116 Å². The van der Waals surface area contributed by atoms with Crippen molar-refractivity contribution in [3.05, 3.63) is 65.2 Å². The molecule has 0 saturated carbocycles. The normalized spacial score (nSPS) is 27.7. The molecule has 33 heavy (non-hydrogen) atoms. The molecule has 3 aliphatic rings. The highest BCUT2D eigenvalue weighted by Crippen LogP contribution is 2.53. The molecule has 1 spiro atoms. The molecule has 3 amide bonds. The van der Waals surface area contributed by atoms with Crippen molar-refractivity contribution in [1.29, 1.82) is 0 Å². The van der Waals surface area contributed by atoms with Gasteiger partial charge in [0.15, 0.2) is 0 Å². The van der Waals surface area contributed by atoms with Gasteiger partial charge in [-0.3, -0.25) is 29.4 Å². The molecule has 8 nitrogen and oxygen atoms in total. The predicted octanol–water partition coefficient (Wildman–Crippen LogP) is 1.82. The fourth-order valence-electron chi connectivity index (χ4n) is 5.61. The second kappa shape index (κ2) is 7.81. The van der Waals surface area contributed by atoms with Crippen LogP contribution in [-0.4, -0.2) is 46.3 Å². The molecular weight excluding hydrogens is 422 g/mol. The number of imide groups is 1. The van der Waals surface area contributed by atoms with Crippen molar-refractivity contribution in [2.24, 2.45) is 11.8 Å². The van der Waals surface area contributed by atoms with E-state index in [4.69, 9.17) is 0 Å². The van der Waals surface area contributed by atoms with Crippen molar-refractivity contribution >= 4 is 29.4 Å².